The van der Waals surface area contributed by atoms with Gasteiger partial charge in [-0.25, -0.2) is 0 Å². The molecule has 1 heterocycles. The lowest BCUT2D eigenvalue weighted by Gasteiger charge is -2.26. The summed E-state index contributed by atoms with van der Waals surface area (Å²) in [4.78, 5) is 13.5. The van der Waals surface area contributed by atoms with E-state index in [-0.39, 0.29) is 5.91 Å². The van der Waals surface area contributed by atoms with Crippen molar-refractivity contribution in [1.82, 2.24) is 10.2 Å². The van der Waals surface area contributed by atoms with Crippen molar-refractivity contribution in [2.24, 2.45) is 5.73 Å². The van der Waals surface area contributed by atoms with E-state index in [9.17, 15) is 4.79 Å². The number of nitrogens with two attached hydrogens (primary N) is 1. The Balaban J connectivity index is 2.69. The van der Waals surface area contributed by atoms with Crippen molar-refractivity contribution >= 4 is 5.91 Å². The van der Waals surface area contributed by atoms with Crippen molar-refractivity contribution in [3.05, 3.63) is 0 Å². The Hall–Kier alpha value is -0.610. The molecule has 1 aliphatic rings. The Labute approximate surface area is 79.5 Å². The highest BCUT2D eigenvalue weighted by atomic mass is 16.1. The average molecular weight is 185 g/mol. The summed E-state index contributed by atoms with van der Waals surface area (Å²) in [5.41, 5.74) is 4.88. The fourth-order valence-electron chi connectivity index (χ4n) is 1.81. The second-order valence-corrected chi connectivity index (χ2v) is 4.01. The van der Waals surface area contributed by atoms with E-state index >= 15 is 0 Å². The van der Waals surface area contributed by atoms with E-state index in [0.717, 1.165) is 19.5 Å². The van der Waals surface area contributed by atoms with Crippen LogP contribution in [0, 0.1) is 0 Å². The van der Waals surface area contributed by atoms with Gasteiger partial charge in [-0.05, 0) is 27.3 Å². The van der Waals surface area contributed by atoms with Gasteiger partial charge in [0.15, 0.2) is 0 Å². The predicted molar refractivity (Wildman–Crippen MR) is 52.3 cm³/mol. The molecular formula is C9H19N3O. The smallest absolute Gasteiger partial charge is 0.239 e. The van der Waals surface area contributed by atoms with Gasteiger partial charge in [-0.15, -0.1) is 0 Å². The summed E-state index contributed by atoms with van der Waals surface area (Å²) < 4.78 is 0. The average Bonchev–Trinajstić information content (AvgIpc) is 2.49. The van der Waals surface area contributed by atoms with Crippen LogP contribution in [0.1, 0.15) is 20.3 Å². The molecule has 13 heavy (non-hydrogen) atoms. The zero-order valence-corrected chi connectivity index (χ0v) is 8.63. The number of hydrogen-bond acceptors (Lipinski definition) is 3. The van der Waals surface area contributed by atoms with Crippen LogP contribution < -0.4 is 11.1 Å². The van der Waals surface area contributed by atoms with Crippen LogP contribution in [0.2, 0.25) is 0 Å². The van der Waals surface area contributed by atoms with Crippen LogP contribution in [0.3, 0.4) is 0 Å². The highest BCUT2D eigenvalue weighted by Gasteiger charge is 2.42. The predicted octanol–water partition coefficient (Wildman–Crippen LogP) is -0.456. The number of carbonyl (C=O) groups is 1. The summed E-state index contributed by atoms with van der Waals surface area (Å²) in [5.74, 6) is -0.238. The maximum atomic E-state index is 11.3. The molecule has 0 aromatic heterocycles. The summed E-state index contributed by atoms with van der Waals surface area (Å²) in [5, 5.41) is 3.05. The van der Waals surface area contributed by atoms with Gasteiger partial charge in [0.25, 0.3) is 0 Å². The minimum absolute atomic E-state index is 0.238. The molecule has 4 heteroatoms. The first kappa shape index (κ1) is 10.5. The number of hydrogen-bond donors (Lipinski definition) is 2. The van der Waals surface area contributed by atoms with E-state index in [0.29, 0.717) is 6.04 Å². The lowest BCUT2D eigenvalue weighted by Crippen LogP contribution is -2.56. The zero-order chi connectivity index (χ0) is 10.1. The van der Waals surface area contributed by atoms with E-state index in [4.69, 9.17) is 5.73 Å². The van der Waals surface area contributed by atoms with E-state index in [2.05, 4.69) is 24.1 Å². The highest BCUT2D eigenvalue weighted by molar-refractivity contribution is 5.85. The van der Waals surface area contributed by atoms with Crippen LogP contribution in [0.5, 0.6) is 0 Å². The lowest BCUT2D eigenvalue weighted by molar-refractivity contribution is -0.123. The summed E-state index contributed by atoms with van der Waals surface area (Å²) in [6.07, 6.45) is 0.816. The molecule has 0 aromatic carbocycles. The maximum Gasteiger partial charge on any atom is 0.239 e. The Morgan fingerprint density at radius 2 is 2.23 bits per heavy atom. The number of primary amides is 1. The molecule has 1 saturated heterocycles. The standard InChI is InChI=1S/C9H19N3O/c1-7(2)12-5-4-9(6-12,11-3)8(10)13/h7,11H,4-6H2,1-3H3,(H2,10,13). The molecule has 1 fully saturated rings. The summed E-state index contributed by atoms with van der Waals surface area (Å²) in [7, 11) is 1.80. The van der Waals surface area contributed by atoms with Gasteiger partial charge in [0.2, 0.25) is 5.91 Å². The van der Waals surface area contributed by atoms with Gasteiger partial charge < -0.3 is 11.1 Å². The summed E-state index contributed by atoms with van der Waals surface area (Å²) >= 11 is 0. The number of nitrogens with zero attached hydrogens (tertiary/aromatic N) is 1. The normalized spacial score (nSPS) is 29.8. The monoisotopic (exact) mass is 185 g/mol. The van der Waals surface area contributed by atoms with Gasteiger partial charge in [0, 0.05) is 19.1 Å². The van der Waals surface area contributed by atoms with E-state index in [1.807, 2.05) is 0 Å². The Morgan fingerprint density at radius 1 is 1.62 bits per heavy atom. The molecule has 1 aliphatic heterocycles. The zero-order valence-electron chi connectivity index (χ0n) is 8.63. The van der Waals surface area contributed by atoms with Gasteiger partial charge in [0.1, 0.15) is 5.54 Å². The molecule has 0 spiro atoms. The molecule has 0 saturated carbocycles. The molecule has 1 unspecified atom stereocenters. The quantitative estimate of drug-likeness (QED) is 0.626. The first-order chi connectivity index (χ1) is 6.02. The molecule has 1 atom stereocenters. The third kappa shape index (κ3) is 1.84. The Kier molecular flexibility index (Phi) is 2.93. The molecule has 0 aliphatic carbocycles. The van der Waals surface area contributed by atoms with Crippen LogP contribution >= 0.6 is 0 Å². The third-order valence-corrected chi connectivity index (χ3v) is 2.98. The fourth-order valence-corrected chi connectivity index (χ4v) is 1.81. The number of amides is 1. The van der Waals surface area contributed by atoms with Crippen molar-refractivity contribution in [3.63, 3.8) is 0 Å². The molecule has 0 bridgehead atoms. The summed E-state index contributed by atoms with van der Waals surface area (Å²) in [6.45, 7) is 5.94. The van der Waals surface area contributed by atoms with Gasteiger partial charge in [-0.2, -0.15) is 0 Å². The molecule has 76 valence electrons. The van der Waals surface area contributed by atoms with Gasteiger partial charge in [-0.1, -0.05) is 0 Å². The topological polar surface area (TPSA) is 58.4 Å². The van der Waals surface area contributed by atoms with Crippen molar-refractivity contribution in [2.75, 3.05) is 20.1 Å². The fraction of sp³-hybridized carbons (Fsp3) is 0.889. The van der Waals surface area contributed by atoms with Crippen molar-refractivity contribution in [1.29, 1.82) is 0 Å². The molecule has 4 nitrogen and oxygen atoms in total. The van der Waals surface area contributed by atoms with Crippen LogP contribution in [-0.2, 0) is 4.79 Å². The SMILES string of the molecule is CNC1(C(N)=O)CCN(C(C)C)C1. The second-order valence-electron chi connectivity index (χ2n) is 4.01. The van der Waals surface area contributed by atoms with Crippen molar-refractivity contribution in [3.8, 4) is 0 Å². The van der Waals surface area contributed by atoms with Gasteiger partial charge in [-0.3, -0.25) is 9.69 Å². The number of likely N-dealkylation sites (N-methyl/N-ethyl adjacent to an activating group) is 1. The molecule has 0 aromatic rings. The molecular weight excluding hydrogens is 166 g/mol. The summed E-state index contributed by atoms with van der Waals surface area (Å²) in [6, 6.07) is 0.481. The third-order valence-electron chi connectivity index (χ3n) is 2.98. The first-order valence-electron chi connectivity index (χ1n) is 4.75. The number of likely N-dealkylation sites (tertiary alicyclic amines) is 1. The molecule has 1 rings (SSSR count). The highest BCUT2D eigenvalue weighted by Crippen LogP contribution is 2.22. The lowest BCUT2D eigenvalue weighted by atomic mass is 9.98. The number of nitrogens with one attached hydrogen (secondary N) is 1. The number of carbonyl (C=O) groups excluding carboxylic acids is 1. The van der Waals surface area contributed by atoms with Crippen LogP contribution in [-0.4, -0.2) is 42.5 Å². The van der Waals surface area contributed by atoms with Crippen LogP contribution in [0.25, 0.3) is 0 Å². The van der Waals surface area contributed by atoms with Crippen LogP contribution in [0.4, 0.5) is 0 Å². The van der Waals surface area contributed by atoms with Crippen LogP contribution in [0.15, 0.2) is 0 Å². The molecule has 3 N–H and O–H groups in total. The first-order valence-corrected chi connectivity index (χ1v) is 4.75. The van der Waals surface area contributed by atoms with Crippen molar-refractivity contribution < 1.29 is 4.79 Å². The minimum Gasteiger partial charge on any atom is -0.368 e. The van der Waals surface area contributed by atoms with Crippen molar-refractivity contribution in [2.45, 2.75) is 31.8 Å². The number of rotatable bonds is 3. The Morgan fingerprint density at radius 3 is 2.46 bits per heavy atom. The largest absolute Gasteiger partial charge is 0.368 e. The van der Waals surface area contributed by atoms with Gasteiger partial charge in [0.05, 0.1) is 0 Å². The molecule has 1 amide bonds. The molecule has 0 radical (unpaired) electrons. The van der Waals surface area contributed by atoms with E-state index in [1.165, 1.54) is 0 Å². The Bertz CT molecular complexity index is 205. The van der Waals surface area contributed by atoms with E-state index < -0.39 is 5.54 Å². The maximum absolute atomic E-state index is 11.3. The minimum atomic E-state index is -0.496. The van der Waals surface area contributed by atoms with E-state index in [1.54, 1.807) is 7.05 Å². The second kappa shape index (κ2) is 3.64. The van der Waals surface area contributed by atoms with Gasteiger partial charge >= 0.3 is 0 Å².